The third-order valence-corrected chi connectivity index (χ3v) is 6.19. The second kappa shape index (κ2) is 9.60. The SMILES string of the molecule is CN(C(=O)OCC1c2ccccc2-c2ccccc21)C(Cc1cc(F)c(C(F)(F)F)c(F)c1)C(=O)O. The normalized spacial score (nSPS) is 13.6. The monoisotopic (exact) mass is 505 g/mol. The van der Waals surface area contributed by atoms with Crippen molar-refractivity contribution in [3.63, 3.8) is 0 Å². The Labute approximate surface area is 202 Å². The average molecular weight is 505 g/mol. The summed E-state index contributed by atoms with van der Waals surface area (Å²) in [5.41, 5.74) is 1.46. The highest BCUT2D eigenvalue weighted by atomic mass is 19.4. The number of carbonyl (C=O) groups is 2. The molecular formula is C26H20F5NO4. The minimum atomic E-state index is -5.25. The predicted octanol–water partition coefficient (Wildman–Crippen LogP) is 5.86. The van der Waals surface area contributed by atoms with Gasteiger partial charge in [-0.25, -0.2) is 18.4 Å². The summed E-state index contributed by atoms with van der Waals surface area (Å²) in [4.78, 5) is 25.3. The molecule has 1 atom stereocenters. The van der Waals surface area contributed by atoms with Crippen LogP contribution in [0.1, 0.15) is 28.2 Å². The lowest BCUT2D eigenvalue weighted by Crippen LogP contribution is -2.44. The van der Waals surface area contributed by atoms with E-state index in [1.807, 2.05) is 48.5 Å². The van der Waals surface area contributed by atoms with Gasteiger partial charge in [0.2, 0.25) is 0 Å². The fourth-order valence-electron chi connectivity index (χ4n) is 4.45. The maximum absolute atomic E-state index is 13.9. The van der Waals surface area contributed by atoms with Crippen LogP contribution in [0.3, 0.4) is 0 Å². The molecule has 0 heterocycles. The highest BCUT2D eigenvalue weighted by Crippen LogP contribution is 2.44. The second-order valence-electron chi connectivity index (χ2n) is 8.41. The summed E-state index contributed by atoms with van der Waals surface area (Å²) in [5.74, 6) is -5.54. The van der Waals surface area contributed by atoms with Crippen LogP contribution in [0.2, 0.25) is 0 Å². The van der Waals surface area contributed by atoms with Crippen LogP contribution in [-0.4, -0.2) is 41.8 Å². The Morgan fingerprint density at radius 2 is 1.47 bits per heavy atom. The molecule has 3 aromatic carbocycles. The largest absolute Gasteiger partial charge is 0.480 e. The Kier molecular flexibility index (Phi) is 6.71. The summed E-state index contributed by atoms with van der Waals surface area (Å²) in [6.07, 6.45) is -6.89. The molecule has 1 unspecified atom stereocenters. The minimum absolute atomic E-state index is 0.0902. The molecule has 1 aliphatic rings. The number of halogens is 5. The van der Waals surface area contributed by atoms with Crippen molar-refractivity contribution in [2.24, 2.45) is 0 Å². The third-order valence-electron chi connectivity index (χ3n) is 6.19. The van der Waals surface area contributed by atoms with Crippen molar-refractivity contribution in [2.45, 2.75) is 24.6 Å². The number of aliphatic carboxylic acids is 1. The van der Waals surface area contributed by atoms with Gasteiger partial charge in [-0.05, 0) is 39.9 Å². The molecule has 0 aliphatic heterocycles. The molecule has 5 nitrogen and oxygen atoms in total. The first-order valence-corrected chi connectivity index (χ1v) is 10.8. The lowest BCUT2D eigenvalue weighted by atomic mass is 9.98. The van der Waals surface area contributed by atoms with E-state index in [0.717, 1.165) is 34.2 Å². The topological polar surface area (TPSA) is 66.8 Å². The fraction of sp³-hybridized carbons (Fsp3) is 0.231. The van der Waals surface area contributed by atoms with Gasteiger partial charge < -0.3 is 9.84 Å². The Morgan fingerprint density at radius 3 is 1.94 bits per heavy atom. The number of likely N-dealkylation sites (N-methyl/N-ethyl adjacent to an activating group) is 1. The summed E-state index contributed by atoms with van der Waals surface area (Å²) in [5, 5.41) is 9.60. The van der Waals surface area contributed by atoms with E-state index in [0.29, 0.717) is 12.1 Å². The quantitative estimate of drug-likeness (QED) is 0.426. The fourth-order valence-corrected chi connectivity index (χ4v) is 4.45. The van der Waals surface area contributed by atoms with Crippen LogP contribution >= 0.6 is 0 Å². The van der Waals surface area contributed by atoms with Gasteiger partial charge in [-0.1, -0.05) is 48.5 Å². The van der Waals surface area contributed by atoms with Crippen molar-refractivity contribution < 1.29 is 41.4 Å². The van der Waals surface area contributed by atoms with Gasteiger partial charge in [0.05, 0.1) is 0 Å². The molecule has 0 saturated heterocycles. The number of carbonyl (C=O) groups excluding carboxylic acids is 1. The zero-order valence-electron chi connectivity index (χ0n) is 18.9. The Balaban J connectivity index is 1.50. The van der Waals surface area contributed by atoms with E-state index in [1.54, 1.807) is 0 Å². The Bertz CT molecular complexity index is 1260. The van der Waals surface area contributed by atoms with Gasteiger partial charge in [0.15, 0.2) is 0 Å². The molecule has 10 heteroatoms. The van der Waals surface area contributed by atoms with Crippen molar-refractivity contribution >= 4 is 12.1 Å². The highest BCUT2D eigenvalue weighted by molar-refractivity contribution is 5.81. The third kappa shape index (κ3) is 4.75. The number of nitrogens with zero attached hydrogens (tertiary/aromatic N) is 1. The van der Waals surface area contributed by atoms with Crippen molar-refractivity contribution in [1.29, 1.82) is 0 Å². The highest BCUT2D eigenvalue weighted by Gasteiger charge is 2.38. The molecule has 1 N–H and O–H groups in total. The molecule has 0 saturated carbocycles. The molecule has 1 aliphatic carbocycles. The van der Waals surface area contributed by atoms with Gasteiger partial charge >= 0.3 is 18.2 Å². The van der Waals surface area contributed by atoms with Crippen LogP contribution in [0.15, 0.2) is 60.7 Å². The van der Waals surface area contributed by atoms with Gasteiger partial charge in [-0.3, -0.25) is 4.90 Å². The van der Waals surface area contributed by atoms with E-state index in [2.05, 4.69) is 0 Å². The van der Waals surface area contributed by atoms with E-state index >= 15 is 0 Å². The van der Waals surface area contributed by atoms with E-state index in [4.69, 9.17) is 4.74 Å². The lowest BCUT2D eigenvalue weighted by molar-refractivity contribution is -0.143. The van der Waals surface area contributed by atoms with Crippen LogP contribution in [0, 0.1) is 11.6 Å². The van der Waals surface area contributed by atoms with Gasteiger partial charge in [-0.2, -0.15) is 13.2 Å². The molecule has 4 rings (SSSR count). The van der Waals surface area contributed by atoms with Gasteiger partial charge in [0.25, 0.3) is 0 Å². The Hall–Kier alpha value is -3.95. The number of benzene rings is 3. The molecule has 36 heavy (non-hydrogen) atoms. The number of carboxylic acids is 1. The van der Waals surface area contributed by atoms with Crippen molar-refractivity contribution in [3.05, 3.63) is 94.6 Å². The molecule has 3 aromatic rings. The van der Waals surface area contributed by atoms with Crippen LogP contribution in [-0.2, 0) is 22.1 Å². The number of carboxylic acid groups (broad SMARTS) is 1. The molecule has 0 spiro atoms. The van der Waals surface area contributed by atoms with Gasteiger partial charge in [0.1, 0.15) is 29.8 Å². The number of alkyl halides is 3. The van der Waals surface area contributed by atoms with E-state index in [-0.39, 0.29) is 18.1 Å². The maximum atomic E-state index is 13.9. The zero-order valence-corrected chi connectivity index (χ0v) is 18.9. The van der Waals surface area contributed by atoms with Crippen molar-refractivity contribution in [3.8, 4) is 11.1 Å². The predicted molar refractivity (Wildman–Crippen MR) is 119 cm³/mol. The molecule has 188 valence electrons. The number of rotatable bonds is 6. The summed E-state index contributed by atoms with van der Waals surface area (Å²) in [7, 11) is 1.13. The van der Waals surface area contributed by atoms with Crippen molar-refractivity contribution in [1.82, 2.24) is 4.90 Å². The lowest BCUT2D eigenvalue weighted by Gasteiger charge is -2.25. The summed E-state index contributed by atoms with van der Waals surface area (Å²) in [6, 6.07) is 14.4. The first kappa shape index (κ1) is 25.2. The average Bonchev–Trinajstić information content (AvgIpc) is 3.13. The molecule has 1 amide bonds. The smallest absolute Gasteiger partial charge is 0.422 e. The van der Waals surface area contributed by atoms with E-state index < -0.39 is 47.9 Å². The van der Waals surface area contributed by atoms with Crippen molar-refractivity contribution in [2.75, 3.05) is 13.7 Å². The molecule has 0 bridgehead atoms. The van der Waals surface area contributed by atoms with Crippen LogP contribution < -0.4 is 0 Å². The Morgan fingerprint density at radius 1 is 0.972 bits per heavy atom. The van der Waals surface area contributed by atoms with Crippen LogP contribution in [0.4, 0.5) is 26.7 Å². The molecular weight excluding hydrogens is 485 g/mol. The number of hydrogen-bond donors (Lipinski definition) is 1. The standard InChI is InChI=1S/C26H20F5NO4/c1-32(22(24(33)34)12-14-10-20(27)23(21(28)11-14)26(29,30)31)25(35)36-13-19-17-8-4-2-6-15(17)16-7-3-5-9-18(16)19/h2-11,19,22H,12-13H2,1H3,(H,33,34). The van der Waals surface area contributed by atoms with Crippen LogP contribution in [0.25, 0.3) is 11.1 Å². The number of amides is 1. The van der Waals surface area contributed by atoms with E-state index in [1.165, 1.54) is 0 Å². The summed E-state index contributed by atoms with van der Waals surface area (Å²) >= 11 is 0. The number of hydrogen-bond acceptors (Lipinski definition) is 3. The number of ether oxygens (including phenoxy) is 1. The minimum Gasteiger partial charge on any atom is -0.480 e. The first-order valence-electron chi connectivity index (χ1n) is 10.8. The second-order valence-corrected chi connectivity index (χ2v) is 8.41. The molecule has 0 aromatic heterocycles. The first-order chi connectivity index (χ1) is 17.0. The van der Waals surface area contributed by atoms with Gasteiger partial charge in [-0.15, -0.1) is 0 Å². The maximum Gasteiger partial charge on any atom is 0.422 e. The van der Waals surface area contributed by atoms with Gasteiger partial charge in [0, 0.05) is 19.4 Å². The van der Waals surface area contributed by atoms with E-state index in [9.17, 15) is 36.6 Å². The summed E-state index contributed by atoms with van der Waals surface area (Å²) in [6.45, 7) is -0.0902. The van der Waals surface area contributed by atoms with Crippen LogP contribution in [0.5, 0.6) is 0 Å². The zero-order chi connectivity index (χ0) is 26.2. The molecule has 0 fully saturated rings. The molecule has 0 radical (unpaired) electrons. The number of fused-ring (bicyclic) bond motifs is 3. The summed E-state index contributed by atoms with van der Waals surface area (Å²) < 4.78 is 71.8.